The van der Waals surface area contributed by atoms with E-state index in [2.05, 4.69) is 0 Å². The quantitative estimate of drug-likeness (QED) is 0.353. The number of fused-ring (bicyclic) bond motifs is 2. The van der Waals surface area contributed by atoms with Gasteiger partial charge in [-0.25, -0.2) is 4.79 Å². The summed E-state index contributed by atoms with van der Waals surface area (Å²) in [5.41, 5.74) is 4.34. The number of ether oxygens (including phenoxy) is 2. The largest absolute Gasteiger partial charge is 0.497 e. The van der Waals surface area contributed by atoms with E-state index >= 15 is 0 Å². The summed E-state index contributed by atoms with van der Waals surface area (Å²) in [6.45, 7) is 0. The van der Waals surface area contributed by atoms with Crippen molar-refractivity contribution >= 4 is 21.9 Å². The summed E-state index contributed by atoms with van der Waals surface area (Å²) in [5, 5.41) is 1.76. The van der Waals surface area contributed by atoms with Crippen LogP contribution in [0.3, 0.4) is 0 Å². The van der Waals surface area contributed by atoms with Crippen LogP contribution in [0, 0.1) is 0 Å². The number of hydrogen-bond donors (Lipinski definition) is 0. The molecular formula is C25H18O5. The van der Waals surface area contributed by atoms with Crippen molar-refractivity contribution in [1.82, 2.24) is 0 Å². The minimum Gasteiger partial charge on any atom is -0.497 e. The fourth-order valence-corrected chi connectivity index (χ4v) is 3.71. The predicted octanol–water partition coefficient (Wildman–Crippen LogP) is 5.89. The summed E-state index contributed by atoms with van der Waals surface area (Å²) in [4.78, 5) is 12.2. The molecule has 0 spiro atoms. The van der Waals surface area contributed by atoms with Crippen LogP contribution in [0.25, 0.3) is 44.2 Å². The van der Waals surface area contributed by atoms with Gasteiger partial charge >= 0.3 is 5.63 Å². The Morgan fingerprint density at radius 3 is 2.23 bits per heavy atom. The number of methoxy groups -OCH3 is 2. The van der Waals surface area contributed by atoms with Crippen molar-refractivity contribution in [2.24, 2.45) is 0 Å². The summed E-state index contributed by atoms with van der Waals surface area (Å²) < 4.78 is 21.8. The van der Waals surface area contributed by atoms with Crippen LogP contribution in [-0.4, -0.2) is 14.2 Å². The van der Waals surface area contributed by atoms with Crippen LogP contribution in [0.5, 0.6) is 11.5 Å². The van der Waals surface area contributed by atoms with Crippen molar-refractivity contribution in [2.75, 3.05) is 14.2 Å². The Bertz CT molecular complexity index is 1420. The minimum absolute atomic E-state index is 0.410. The molecule has 0 amide bonds. The highest BCUT2D eigenvalue weighted by atomic mass is 16.5. The summed E-state index contributed by atoms with van der Waals surface area (Å²) in [5.74, 6) is 1.52. The molecule has 3 aromatic carbocycles. The Morgan fingerprint density at radius 1 is 0.700 bits per heavy atom. The summed E-state index contributed by atoms with van der Waals surface area (Å²) >= 11 is 0. The van der Waals surface area contributed by atoms with Gasteiger partial charge in [0.2, 0.25) is 0 Å². The maximum Gasteiger partial charge on any atom is 0.336 e. The molecule has 0 atom stereocenters. The lowest BCUT2D eigenvalue weighted by Gasteiger charge is -2.08. The van der Waals surface area contributed by atoms with Crippen molar-refractivity contribution in [2.45, 2.75) is 0 Å². The fourth-order valence-electron chi connectivity index (χ4n) is 3.71. The molecule has 148 valence electrons. The van der Waals surface area contributed by atoms with Crippen molar-refractivity contribution in [3.63, 3.8) is 0 Å². The number of furan rings is 1. The highest BCUT2D eigenvalue weighted by Crippen LogP contribution is 2.37. The maximum absolute atomic E-state index is 12.2. The molecule has 0 aliphatic carbocycles. The average molecular weight is 398 g/mol. The molecule has 0 saturated heterocycles. The van der Waals surface area contributed by atoms with Gasteiger partial charge < -0.3 is 18.3 Å². The standard InChI is InChI=1S/C25H18O5/c1-27-17-8-6-15(7-9-17)19-12-25(26)30-24-13-23-21(11-20(19)24)22(14-29-23)16-4-3-5-18(10-16)28-2/h3-14H,1-2H3. The minimum atomic E-state index is -0.410. The van der Waals surface area contributed by atoms with E-state index in [0.29, 0.717) is 11.2 Å². The number of hydrogen-bond acceptors (Lipinski definition) is 5. The molecule has 0 fully saturated rings. The summed E-state index contributed by atoms with van der Waals surface area (Å²) in [7, 11) is 3.26. The van der Waals surface area contributed by atoms with E-state index in [1.807, 2.05) is 54.6 Å². The molecule has 5 rings (SSSR count). The maximum atomic E-state index is 12.2. The molecule has 0 aliphatic heterocycles. The van der Waals surface area contributed by atoms with E-state index < -0.39 is 5.63 Å². The average Bonchev–Trinajstić information content (AvgIpc) is 3.20. The van der Waals surface area contributed by atoms with Crippen molar-refractivity contribution < 1.29 is 18.3 Å². The second-order valence-corrected chi connectivity index (χ2v) is 6.93. The normalized spacial score (nSPS) is 11.1. The lowest BCUT2D eigenvalue weighted by Crippen LogP contribution is -1.98. The lowest BCUT2D eigenvalue weighted by molar-refractivity contribution is 0.415. The zero-order chi connectivity index (χ0) is 20.7. The second kappa shape index (κ2) is 7.12. The Kier molecular flexibility index (Phi) is 4.29. The third-order valence-corrected chi connectivity index (χ3v) is 5.22. The predicted molar refractivity (Wildman–Crippen MR) is 116 cm³/mol. The molecule has 2 heterocycles. The third kappa shape index (κ3) is 3.01. The van der Waals surface area contributed by atoms with Gasteiger partial charge in [0, 0.05) is 28.5 Å². The lowest BCUT2D eigenvalue weighted by atomic mass is 9.98. The van der Waals surface area contributed by atoms with E-state index in [0.717, 1.165) is 44.5 Å². The van der Waals surface area contributed by atoms with Gasteiger partial charge in [0.15, 0.2) is 0 Å². The molecule has 30 heavy (non-hydrogen) atoms. The molecular weight excluding hydrogens is 380 g/mol. The second-order valence-electron chi connectivity index (χ2n) is 6.93. The first-order chi connectivity index (χ1) is 14.7. The molecule has 0 unspecified atom stereocenters. The Labute approximate surface area is 172 Å². The summed E-state index contributed by atoms with van der Waals surface area (Å²) in [6, 6.07) is 20.7. The monoisotopic (exact) mass is 398 g/mol. The van der Waals surface area contributed by atoms with Gasteiger partial charge in [-0.2, -0.15) is 0 Å². The van der Waals surface area contributed by atoms with E-state index in [-0.39, 0.29) is 0 Å². The Morgan fingerprint density at radius 2 is 1.47 bits per heavy atom. The van der Waals surface area contributed by atoms with Gasteiger partial charge in [0.05, 0.1) is 20.5 Å². The van der Waals surface area contributed by atoms with E-state index in [1.165, 1.54) is 6.07 Å². The van der Waals surface area contributed by atoms with E-state index in [4.69, 9.17) is 18.3 Å². The van der Waals surface area contributed by atoms with Gasteiger partial charge in [-0.05, 0) is 47.0 Å². The SMILES string of the molecule is COc1ccc(-c2cc(=O)oc3cc4occ(-c5cccc(OC)c5)c4cc23)cc1. The highest BCUT2D eigenvalue weighted by Gasteiger charge is 2.15. The number of rotatable bonds is 4. The van der Waals surface area contributed by atoms with Crippen LogP contribution in [0.2, 0.25) is 0 Å². The fraction of sp³-hybridized carbons (Fsp3) is 0.0800. The first-order valence-electron chi connectivity index (χ1n) is 9.44. The first-order valence-corrected chi connectivity index (χ1v) is 9.44. The van der Waals surface area contributed by atoms with Crippen LogP contribution in [0.1, 0.15) is 0 Å². The third-order valence-electron chi connectivity index (χ3n) is 5.22. The smallest absolute Gasteiger partial charge is 0.336 e. The van der Waals surface area contributed by atoms with Crippen LogP contribution < -0.4 is 15.1 Å². The van der Waals surface area contributed by atoms with Gasteiger partial charge in [-0.3, -0.25) is 0 Å². The molecule has 5 aromatic rings. The molecule has 5 heteroatoms. The number of benzene rings is 3. The molecule has 2 aromatic heterocycles. The van der Waals surface area contributed by atoms with Crippen LogP contribution in [0.15, 0.2) is 86.6 Å². The molecule has 0 saturated carbocycles. The first kappa shape index (κ1) is 18.1. The van der Waals surface area contributed by atoms with Crippen molar-refractivity contribution in [3.8, 4) is 33.8 Å². The van der Waals surface area contributed by atoms with Crippen LogP contribution in [-0.2, 0) is 0 Å². The van der Waals surface area contributed by atoms with Gasteiger partial charge in [-0.15, -0.1) is 0 Å². The van der Waals surface area contributed by atoms with E-state index in [9.17, 15) is 4.79 Å². The molecule has 0 bridgehead atoms. The zero-order valence-corrected chi connectivity index (χ0v) is 16.5. The van der Waals surface area contributed by atoms with Crippen LogP contribution >= 0.6 is 0 Å². The van der Waals surface area contributed by atoms with Crippen LogP contribution in [0.4, 0.5) is 0 Å². The topological polar surface area (TPSA) is 61.8 Å². The molecule has 0 aliphatic rings. The van der Waals surface area contributed by atoms with Gasteiger partial charge in [-0.1, -0.05) is 24.3 Å². The molecule has 5 nitrogen and oxygen atoms in total. The molecule has 0 radical (unpaired) electrons. The zero-order valence-electron chi connectivity index (χ0n) is 16.5. The highest BCUT2D eigenvalue weighted by molar-refractivity contribution is 6.05. The van der Waals surface area contributed by atoms with Gasteiger partial charge in [0.25, 0.3) is 0 Å². The Hall–Kier alpha value is -3.99. The van der Waals surface area contributed by atoms with Crippen molar-refractivity contribution in [3.05, 3.63) is 83.4 Å². The van der Waals surface area contributed by atoms with Crippen molar-refractivity contribution in [1.29, 1.82) is 0 Å². The Balaban J connectivity index is 1.76. The van der Waals surface area contributed by atoms with Gasteiger partial charge in [0.1, 0.15) is 22.7 Å². The summed E-state index contributed by atoms with van der Waals surface area (Å²) in [6.07, 6.45) is 1.71. The van der Waals surface area contributed by atoms with E-state index in [1.54, 1.807) is 26.5 Å². The molecule has 0 N–H and O–H groups in total.